The number of nitrogens with one attached hydrogen (secondary N) is 1. The third-order valence-electron chi connectivity index (χ3n) is 5.55. The first-order valence-electron chi connectivity index (χ1n) is 9.52. The lowest BCUT2D eigenvalue weighted by Gasteiger charge is -2.33. The fraction of sp³-hybridized carbons (Fsp3) is 0.450. The van der Waals surface area contributed by atoms with Crippen molar-refractivity contribution in [2.75, 3.05) is 20.2 Å². The van der Waals surface area contributed by atoms with E-state index in [1.165, 1.54) is 33.4 Å². The summed E-state index contributed by atoms with van der Waals surface area (Å²) < 4.78 is 6.45. The zero-order chi connectivity index (χ0) is 19.8. The number of fused-ring (bicyclic) bond motifs is 1. The second-order valence-electron chi connectivity index (χ2n) is 7.44. The fourth-order valence-corrected chi connectivity index (χ4v) is 5.23. The summed E-state index contributed by atoms with van der Waals surface area (Å²) in [5.74, 6) is 0.647. The first kappa shape index (κ1) is 18.9. The van der Waals surface area contributed by atoms with Crippen LogP contribution in [0.2, 0.25) is 0 Å². The van der Waals surface area contributed by atoms with Crippen molar-refractivity contribution in [2.45, 2.75) is 32.7 Å². The summed E-state index contributed by atoms with van der Waals surface area (Å²) >= 11 is 1.48. The van der Waals surface area contributed by atoms with Gasteiger partial charge in [0.2, 0.25) is 10.8 Å². The molecule has 3 heterocycles. The maximum atomic E-state index is 11.9. The maximum Gasteiger partial charge on any atom is 0.309 e. The fourth-order valence-electron chi connectivity index (χ4n) is 4.05. The van der Waals surface area contributed by atoms with E-state index >= 15 is 0 Å². The summed E-state index contributed by atoms with van der Waals surface area (Å²) in [5.41, 5.74) is 2.35. The highest BCUT2D eigenvalue weighted by Crippen LogP contribution is 2.35. The minimum absolute atomic E-state index is 0.0204. The summed E-state index contributed by atoms with van der Waals surface area (Å²) in [6, 6.07) is 8.43. The molecule has 1 atom stereocenters. The van der Waals surface area contributed by atoms with Gasteiger partial charge in [0.05, 0.1) is 26.1 Å². The van der Waals surface area contributed by atoms with Crippen LogP contribution in [-0.2, 0) is 9.53 Å². The van der Waals surface area contributed by atoms with Crippen molar-refractivity contribution in [3.8, 4) is 5.88 Å². The molecule has 7 nitrogen and oxygen atoms in total. The highest BCUT2D eigenvalue weighted by Gasteiger charge is 2.37. The highest BCUT2D eigenvalue weighted by atomic mass is 32.1. The van der Waals surface area contributed by atoms with Gasteiger partial charge in [-0.1, -0.05) is 41.2 Å². The van der Waals surface area contributed by atoms with Gasteiger partial charge in [-0.15, -0.1) is 5.10 Å². The molecule has 1 aliphatic heterocycles. The van der Waals surface area contributed by atoms with Crippen molar-refractivity contribution in [2.24, 2.45) is 5.92 Å². The Labute approximate surface area is 167 Å². The highest BCUT2D eigenvalue weighted by molar-refractivity contribution is 7.17. The Balaban J connectivity index is 1.70. The molecule has 2 N–H and O–H groups in total. The predicted molar refractivity (Wildman–Crippen MR) is 106 cm³/mol. The molecule has 0 amide bonds. The summed E-state index contributed by atoms with van der Waals surface area (Å²) in [6.07, 6.45) is 1.57. The van der Waals surface area contributed by atoms with E-state index in [4.69, 9.17) is 4.74 Å². The number of aromatic hydroxyl groups is 1. The van der Waals surface area contributed by atoms with Crippen molar-refractivity contribution in [3.05, 3.63) is 46.1 Å². The molecule has 2 aromatic heterocycles. The van der Waals surface area contributed by atoms with Crippen LogP contribution in [0.5, 0.6) is 5.88 Å². The van der Waals surface area contributed by atoms with Gasteiger partial charge in [0.15, 0.2) is 6.04 Å². The molecule has 1 aliphatic rings. The van der Waals surface area contributed by atoms with Gasteiger partial charge in [-0.2, -0.15) is 4.52 Å². The zero-order valence-electron chi connectivity index (χ0n) is 16.3. The number of piperidine rings is 1. The van der Waals surface area contributed by atoms with E-state index in [0.717, 1.165) is 36.4 Å². The number of thiazole rings is 1. The number of aromatic nitrogens is 3. The van der Waals surface area contributed by atoms with Crippen LogP contribution >= 0.6 is 11.3 Å². The molecule has 8 heteroatoms. The topological polar surface area (TPSA) is 81.2 Å². The Morgan fingerprint density at radius 3 is 2.57 bits per heavy atom. The second-order valence-corrected chi connectivity index (χ2v) is 8.45. The third-order valence-corrected chi connectivity index (χ3v) is 6.63. The van der Waals surface area contributed by atoms with Crippen molar-refractivity contribution < 1.29 is 19.5 Å². The molecule has 1 saturated heterocycles. The molecule has 0 aliphatic carbocycles. The number of hydrogen-bond donors (Lipinski definition) is 2. The van der Waals surface area contributed by atoms with Gasteiger partial charge in [-0.3, -0.25) is 4.79 Å². The molecule has 1 aromatic carbocycles. The van der Waals surface area contributed by atoms with Crippen LogP contribution in [0.25, 0.3) is 4.96 Å². The predicted octanol–water partition coefficient (Wildman–Crippen LogP) is 1.67. The SMILES string of the molecule is COC(=O)C1CC[NH+]([C@H](c2ccc(C)cc2)c2sc3nc(C)nn3c2O)CC1. The lowest BCUT2D eigenvalue weighted by atomic mass is 9.93. The molecule has 28 heavy (non-hydrogen) atoms. The van der Waals surface area contributed by atoms with E-state index in [1.807, 2.05) is 6.92 Å². The van der Waals surface area contributed by atoms with Crippen LogP contribution in [-0.4, -0.2) is 45.9 Å². The number of esters is 1. The first-order chi connectivity index (χ1) is 13.5. The molecule has 0 bridgehead atoms. The second kappa shape index (κ2) is 7.52. The lowest BCUT2D eigenvalue weighted by molar-refractivity contribution is -0.930. The number of nitrogens with zero attached hydrogens (tertiary/aromatic N) is 3. The Morgan fingerprint density at radius 2 is 1.96 bits per heavy atom. The van der Waals surface area contributed by atoms with Crippen molar-refractivity contribution in [1.82, 2.24) is 14.6 Å². The van der Waals surface area contributed by atoms with Crippen molar-refractivity contribution in [1.29, 1.82) is 0 Å². The molecular weight excluding hydrogens is 376 g/mol. The number of carbonyl (C=O) groups is 1. The van der Waals surface area contributed by atoms with E-state index in [1.54, 1.807) is 0 Å². The van der Waals surface area contributed by atoms with Gasteiger partial charge in [-0.05, 0) is 13.8 Å². The zero-order valence-corrected chi connectivity index (χ0v) is 17.1. The number of hydrogen-bond acceptors (Lipinski definition) is 6. The molecule has 3 aromatic rings. The Kier molecular flexibility index (Phi) is 5.07. The molecule has 0 spiro atoms. The summed E-state index contributed by atoms with van der Waals surface area (Å²) in [4.78, 5) is 19.2. The van der Waals surface area contributed by atoms with Gasteiger partial charge in [0.1, 0.15) is 10.7 Å². The first-order valence-corrected chi connectivity index (χ1v) is 10.3. The van der Waals surface area contributed by atoms with E-state index in [2.05, 4.69) is 41.3 Å². The molecule has 4 rings (SSSR count). The average molecular weight is 402 g/mol. The van der Waals surface area contributed by atoms with Crippen LogP contribution in [0.4, 0.5) is 0 Å². The van der Waals surface area contributed by atoms with Gasteiger partial charge in [0.25, 0.3) is 0 Å². The Bertz CT molecular complexity index is 987. The van der Waals surface area contributed by atoms with Gasteiger partial charge in [-0.25, -0.2) is 4.98 Å². The summed E-state index contributed by atoms with van der Waals surface area (Å²) in [5, 5.41) is 15.2. The monoisotopic (exact) mass is 401 g/mol. The number of benzene rings is 1. The van der Waals surface area contributed by atoms with E-state index in [0.29, 0.717) is 10.8 Å². The number of rotatable bonds is 4. The standard InChI is InChI=1S/C20H24N4O3S/c1-12-4-6-14(7-5-12)16(23-10-8-15(9-11-23)19(26)27-3)17-18(25)24-20(28-17)21-13(2)22-24/h4-7,15-16,25H,8-11H2,1-3H3/p+1/t16-/m1/s1. The van der Waals surface area contributed by atoms with Gasteiger partial charge in [0, 0.05) is 18.4 Å². The van der Waals surface area contributed by atoms with E-state index in [9.17, 15) is 9.90 Å². The summed E-state index contributed by atoms with van der Waals surface area (Å²) in [6.45, 7) is 5.56. The molecule has 0 unspecified atom stereocenters. The summed E-state index contributed by atoms with van der Waals surface area (Å²) in [7, 11) is 1.45. The van der Waals surface area contributed by atoms with Gasteiger partial charge < -0.3 is 14.7 Å². The maximum absolute atomic E-state index is 11.9. The van der Waals surface area contributed by atoms with Crippen molar-refractivity contribution >= 4 is 22.3 Å². The van der Waals surface area contributed by atoms with Crippen LogP contribution in [0.3, 0.4) is 0 Å². The number of quaternary nitrogens is 1. The van der Waals surface area contributed by atoms with Crippen LogP contribution in [0.1, 0.15) is 40.7 Å². The molecule has 0 saturated carbocycles. The Hall–Kier alpha value is -2.45. The minimum Gasteiger partial charge on any atom is -0.492 e. The number of ether oxygens (including phenoxy) is 1. The van der Waals surface area contributed by atoms with Crippen molar-refractivity contribution in [3.63, 3.8) is 0 Å². The molecule has 148 valence electrons. The quantitative estimate of drug-likeness (QED) is 0.650. The number of likely N-dealkylation sites (tertiary alicyclic amines) is 1. The van der Waals surface area contributed by atoms with Crippen LogP contribution in [0.15, 0.2) is 24.3 Å². The number of aryl methyl sites for hydroxylation is 2. The Morgan fingerprint density at radius 1 is 1.29 bits per heavy atom. The van der Waals surface area contributed by atoms with Gasteiger partial charge >= 0.3 is 5.97 Å². The number of methoxy groups -OCH3 is 1. The average Bonchev–Trinajstić information content (AvgIpc) is 3.21. The van der Waals surface area contributed by atoms with E-state index < -0.39 is 0 Å². The largest absolute Gasteiger partial charge is 0.492 e. The van der Waals surface area contributed by atoms with Crippen LogP contribution in [0, 0.1) is 19.8 Å². The molecule has 0 radical (unpaired) electrons. The number of carbonyl (C=O) groups excluding carboxylic acids is 1. The molecule has 1 fully saturated rings. The molecular formula is C20H25N4O3S+. The normalized spacial score (nSPS) is 21.0. The lowest BCUT2D eigenvalue weighted by Crippen LogP contribution is -3.13. The van der Waals surface area contributed by atoms with E-state index in [-0.39, 0.29) is 23.8 Å². The minimum atomic E-state index is -0.122. The smallest absolute Gasteiger partial charge is 0.309 e. The third kappa shape index (κ3) is 3.38. The van der Waals surface area contributed by atoms with Crippen LogP contribution < -0.4 is 4.90 Å².